The van der Waals surface area contributed by atoms with E-state index >= 15 is 0 Å². The van der Waals surface area contributed by atoms with Crippen LogP contribution in [0.15, 0.2) is 0 Å². The van der Waals surface area contributed by atoms with Gasteiger partial charge in [-0.15, -0.1) is 0 Å². The van der Waals surface area contributed by atoms with Crippen LogP contribution < -0.4 is 0 Å². The minimum atomic E-state index is -1.17. The van der Waals surface area contributed by atoms with Crippen LogP contribution in [-0.2, 0) is 0 Å². The maximum absolute atomic E-state index is 2.34. The van der Waals surface area contributed by atoms with E-state index in [-0.39, 0.29) is 0 Å². The molecule has 0 nitrogen and oxygen atoms in total. The van der Waals surface area contributed by atoms with Crippen molar-refractivity contribution in [2.24, 2.45) is 0 Å². The topological polar surface area (TPSA) is 0 Å². The first kappa shape index (κ1) is 53.4. The maximum atomic E-state index is 2.34. The van der Waals surface area contributed by atoms with Gasteiger partial charge in [0.05, 0.1) is 0 Å². The predicted molar refractivity (Wildman–Crippen MR) is 254 cm³/mol. The first-order valence-corrected chi connectivity index (χ1v) is 29.1. The van der Waals surface area contributed by atoms with Crippen LogP contribution in [0.25, 0.3) is 0 Å². The Kier molecular flexibility index (Phi) is 47.2. The molecule has 0 fully saturated rings. The Morgan fingerprint density at radius 3 is 0.396 bits per heavy atom. The van der Waals surface area contributed by atoms with Gasteiger partial charge in [-0.2, -0.15) is 0 Å². The Balaban J connectivity index is 4.89. The first-order chi connectivity index (χ1) is 26.2. The van der Waals surface area contributed by atoms with Crippen molar-refractivity contribution in [3.05, 3.63) is 0 Å². The molecule has 0 rings (SSSR count). The van der Waals surface area contributed by atoms with Crippen molar-refractivity contribution in [1.82, 2.24) is 0 Å². The molecule has 0 aromatic heterocycles. The summed E-state index contributed by atoms with van der Waals surface area (Å²) in [6.45, 7) is 9.36. The molecule has 1 heteroatoms. The Hall–Kier alpha value is 0.430. The molecule has 0 radical (unpaired) electrons. The Bertz CT molecular complexity index is 517. The molecule has 0 unspecified atom stereocenters. The van der Waals surface area contributed by atoms with Gasteiger partial charge in [0.1, 0.15) is 0 Å². The molecule has 322 valence electrons. The molecule has 0 saturated heterocycles. The zero-order valence-corrected chi connectivity index (χ0v) is 39.4. The summed E-state index contributed by atoms with van der Waals surface area (Å²) in [7, 11) is -1.17. The Morgan fingerprint density at radius 2 is 0.264 bits per heavy atom. The van der Waals surface area contributed by atoms with Crippen LogP contribution in [0.4, 0.5) is 0 Å². The van der Waals surface area contributed by atoms with Gasteiger partial charge in [0, 0.05) is 0 Å². The van der Waals surface area contributed by atoms with Crippen molar-refractivity contribution < 1.29 is 0 Å². The van der Waals surface area contributed by atoms with Crippen molar-refractivity contribution >= 4 is 7.26 Å². The average Bonchev–Trinajstić information content (AvgIpc) is 3.17. The summed E-state index contributed by atoms with van der Waals surface area (Å²) < 4.78 is 0. The second-order valence-electron chi connectivity index (χ2n) is 18.6. The third-order valence-corrected chi connectivity index (χ3v) is 18.9. The Morgan fingerprint density at radius 1 is 0.151 bits per heavy atom. The van der Waals surface area contributed by atoms with Crippen LogP contribution in [0.5, 0.6) is 0 Å². The van der Waals surface area contributed by atoms with Crippen LogP contribution in [0, 0.1) is 0 Å². The van der Waals surface area contributed by atoms with Gasteiger partial charge >= 0.3 is 314 Å². The van der Waals surface area contributed by atoms with E-state index in [0.29, 0.717) is 0 Å². The summed E-state index contributed by atoms with van der Waals surface area (Å²) in [6.07, 6.45) is 72.5. The van der Waals surface area contributed by atoms with Crippen LogP contribution in [0.1, 0.15) is 310 Å². The molecular formula is C52H109P. The number of unbranched alkanes of at least 4 members (excludes halogenated alkanes) is 40. The summed E-state index contributed by atoms with van der Waals surface area (Å²) in [5, 5.41) is 0. The normalized spacial score (nSPS) is 12.3. The van der Waals surface area contributed by atoms with Crippen LogP contribution in [0.2, 0.25) is 0 Å². The van der Waals surface area contributed by atoms with E-state index in [2.05, 4.69) is 27.7 Å². The third-order valence-electron chi connectivity index (χ3n) is 13.2. The van der Waals surface area contributed by atoms with Gasteiger partial charge in [-0.1, -0.05) is 27.7 Å². The van der Waals surface area contributed by atoms with Gasteiger partial charge in [-0.3, -0.25) is 0 Å². The molecule has 0 heterocycles. The molecule has 0 aromatic carbocycles. The molecule has 53 heavy (non-hydrogen) atoms. The molecule has 0 aliphatic rings. The van der Waals surface area contributed by atoms with Crippen LogP contribution >= 0.6 is 7.26 Å². The van der Waals surface area contributed by atoms with Crippen molar-refractivity contribution in [3.63, 3.8) is 0 Å². The summed E-state index contributed by atoms with van der Waals surface area (Å²) in [5.74, 6) is 0. The molecule has 0 saturated carbocycles. The summed E-state index contributed by atoms with van der Waals surface area (Å²) in [4.78, 5) is 0. The molecule has 0 amide bonds. The summed E-state index contributed by atoms with van der Waals surface area (Å²) in [6, 6.07) is 0. The molecule has 0 aliphatic heterocycles. The Labute approximate surface area is 340 Å². The second kappa shape index (κ2) is 46.8. The molecule has 0 bridgehead atoms. The van der Waals surface area contributed by atoms with E-state index < -0.39 is 7.26 Å². The third kappa shape index (κ3) is 41.9. The fourth-order valence-electron chi connectivity index (χ4n) is 9.41. The molecule has 0 spiro atoms. The molecule has 0 aliphatic carbocycles. The smallest absolute Gasteiger partial charge is 0.0654 e. The van der Waals surface area contributed by atoms with Gasteiger partial charge < -0.3 is 0 Å². The van der Waals surface area contributed by atoms with Crippen LogP contribution in [-0.4, -0.2) is 24.6 Å². The summed E-state index contributed by atoms with van der Waals surface area (Å²) >= 11 is 0. The molecule has 0 atom stereocenters. The van der Waals surface area contributed by atoms with Gasteiger partial charge in [0.25, 0.3) is 0 Å². The quantitative estimate of drug-likeness (QED) is 0.0428. The first-order valence-electron chi connectivity index (χ1n) is 26.2. The van der Waals surface area contributed by atoms with E-state index in [4.69, 9.17) is 0 Å². The van der Waals surface area contributed by atoms with Crippen molar-refractivity contribution in [3.8, 4) is 0 Å². The van der Waals surface area contributed by atoms with Crippen molar-refractivity contribution in [1.29, 1.82) is 0 Å². The zero-order valence-electron chi connectivity index (χ0n) is 38.4. The van der Waals surface area contributed by atoms with Crippen molar-refractivity contribution in [2.75, 3.05) is 24.6 Å². The molecule has 0 aromatic rings. The van der Waals surface area contributed by atoms with E-state index in [0.717, 1.165) is 0 Å². The molecular weight excluding hydrogens is 656 g/mol. The number of hydrogen-bond donors (Lipinski definition) is 0. The fourth-order valence-corrected chi connectivity index (χ4v) is 14.9. The van der Waals surface area contributed by atoms with Gasteiger partial charge in [-0.05, 0) is 0 Å². The second-order valence-corrected chi connectivity index (χ2v) is 23.6. The van der Waals surface area contributed by atoms with Gasteiger partial charge in [-0.25, -0.2) is 0 Å². The number of rotatable bonds is 48. The minimum absolute atomic E-state index is 1.17. The summed E-state index contributed by atoms with van der Waals surface area (Å²) in [5.41, 5.74) is 0. The predicted octanol–water partition coefficient (Wildman–Crippen LogP) is 20.0. The van der Waals surface area contributed by atoms with E-state index in [1.807, 2.05) is 0 Å². The number of hydrogen-bond acceptors (Lipinski definition) is 0. The minimum Gasteiger partial charge on any atom is -0.0654 e. The SMILES string of the molecule is CCCCCCCCCCCCC[PH](CCCCCCCCCCCCC)(CCCCCCCCCCCCC)CCCCCCCCCCCCC. The fraction of sp³-hybridized carbons (Fsp3) is 1.00. The standard InChI is InChI=1S/C52H109P/c1-5-9-13-17-21-25-29-33-37-41-45-49-53(50-46-42-38-34-30-26-22-18-14-10-6-2,51-47-43-39-35-31-27-23-19-15-11-7-3)52-48-44-40-36-32-28-24-20-16-12-8-4/h53H,5-52H2,1-4H3. The zero-order chi connectivity index (χ0) is 38.4. The van der Waals surface area contributed by atoms with Gasteiger partial charge in [0.15, 0.2) is 0 Å². The van der Waals surface area contributed by atoms with E-state index in [1.165, 1.54) is 231 Å². The van der Waals surface area contributed by atoms with Gasteiger partial charge in [0.2, 0.25) is 0 Å². The monoisotopic (exact) mass is 765 g/mol. The van der Waals surface area contributed by atoms with Crippen molar-refractivity contribution in [2.45, 2.75) is 310 Å². The average molecular weight is 765 g/mol. The van der Waals surface area contributed by atoms with Crippen LogP contribution in [0.3, 0.4) is 0 Å². The molecule has 0 N–H and O–H groups in total. The van der Waals surface area contributed by atoms with E-state index in [1.54, 1.807) is 76.0 Å². The van der Waals surface area contributed by atoms with E-state index in [9.17, 15) is 0 Å².